The normalized spacial score (nSPS) is 24.8. The van der Waals surface area contributed by atoms with Crippen molar-refractivity contribution in [1.29, 1.82) is 0 Å². The van der Waals surface area contributed by atoms with Crippen LogP contribution in [0.4, 0.5) is 10.2 Å². The summed E-state index contributed by atoms with van der Waals surface area (Å²) in [6.07, 6.45) is 4.23. The van der Waals surface area contributed by atoms with Crippen molar-refractivity contribution in [2.24, 2.45) is 11.3 Å². The number of halogens is 1. The monoisotopic (exact) mass is 249 g/mol. The van der Waals surface area contributed by atoms with Crippen molar-refractivity contribution in [1.82, 2.24) is 10.3 Å². The third kappa shape index (κ3) is 2.10. The highest BCUT2D eigenvalue weighted by Crippen LogP contribution is 2.58. The predicted molar refractivity (Wildman–Crippen MR) is 65.5 cm³/mol. The first-order valence-corrected chi connectivity index (χ1v) is 6.33. The molecule has 18 heavy (non-hydrogen) atoms. The molecule has 1 aromatic heterocycles. The fourth-order valence-corrected chi connectivity index (χ4v) is 2.86. The van der Waals surface area contributed by atoms with Gasteiger partial charge in [0.1, 0.15) is 11.6 Å². The molecule has 2 heterocycles. The second kappa shape index (κ2) is 4.31. The smallest absolute Gasteiger partial charge is 0.229 e. The Balaban J connectivity index is 1.61. The van der Waals surface area contributed by atoms with Crippen LogP contribution < -0.4 is 10.6 Å². The maximum Gasteiger partial charge on any atom is 0.229 e. The molecule has 1 aliphatic carbocycles. The molecule has 0 bridgehead atoms. The van der Waals surface area contributed by atoms with Gasteiger partial charge in [-0.2, -0.15) is 0 Å². The number of aromatic nitrogens is 1. The zero-order valence-corrected chi connectivity index (χ0v) is 10.1. The van der Waals surface area contributed by atoms with Crippen molar-refractivity contribution >= 4 is 11.7 Å². The second-order valence-electron chi connectivity index (χ2n) is 5.22. The van der Waals surface area contributed by atoms with Gasteiger partial charge >= 0.3 is 0 Å². The van der Waals surface area contributed by atoms with E-state index in [1.54, 1.807) is 0 Å². The molecule has 0 radical (unpaired) electrons. The number of pyridine rings is 1. The molecule has 1 saturated heterocycles. The predicted octanol–water partition coefficient (Wildman–Crippen LogP) is 1.55. The Morgan fingerprint density at radius 3 is 2.89 bits per heavy atom. The van der Waals surface area contributed by atoms with Crippen LogP contribution in [0.1, 0.15) is 19.3 Å². The summed E-state index contributed by atoms with van der Waals surface area (Å²) >= 11 is 0. The molecular formula is C13H16FN3O. The summed E-state index contributed by atoms with van der Waals surface area (Å²) in [5.41, 5.74) is 0.218. The van der Waals surface area contributed by atoms with Crippen LogP contribution in [-0.4, -0.2) is 24.0 Å². The Morgan fingerprint density at radius 1 is 1.44 bits per heavy atom. The molecular weight excluding hydrogens is 233 g/mol. The molecule has 1 aliphatic heterocycles. The molecule has 0 aromatic carbocycles. The fourth-order valence-electron chi connectivity index (χ4n) is 2.86. The lowest BCUT2D eigenvalue weighted by Gasteiger charge is -2.23. The molecule has 5 heteroatoms. The molecule has 1 unspecified atom stereocenters. The van der Waals surface area contributed by atoms with Crippen molar-refractivity contribution in [2.45, 2.75) is 19.3 Å². The van der Waals surface area contributed by atoms with Gasteiger partial charge in [0.05, 0.1) is 6.20 Å². The zero-order chi connectivity index (χ0) is 12.6. The third-order valence-corrected chi connectivity index (χ3v) is 4.08. The Bertz CT molecular complexity index is 454. The minimum Gasteiger partial charge on any atom is -0.317 e. The summed E-state index contributed by atoms with van der Waals surface area (Å²) in [5.74, 6) is 0.161. The number of nitrogens with zero attached hydrogens (tertiary/aromatic N) is 1. The van der Waals surface area contributed by atoms with Gasteiger partial charge in [0.15, 0.2) is 0 Å². The van der Waals surface area contributed by atoms with E-state index in [0.717, 1.165) is 38.5 Å². The van der Waals surface area contributed by atoms with E-state index in [4.69, 9.17) is 0 Å². The van der Waals surface area contributed by atoms with Crippen LogP contribution >= 0.6 is 0 Å². The van der Waals surface area contributed by atoms with Gasteiger partial charge in [-0.25, -0.2) is 9.37 Å². The molecule has 2 fully saturated rings. The molecule has 1 saturated carbocycles. The molecule has 1 aromatic rings. The largest absolute Gasteiger partial charge is 0.317 e. The Labute approximate surface area is 105 Å². The molecule has 3 rings (SSSR count). The van der Waals surface area contributed by atoms with E-state index in [2.05, 4.69) is 15.6 Å². The van der Waals surface area contributed by atoms with Gasteiger partial charge in [0.2, 0.25) is 5.91 Å². The number of hydrogen-bond acceptors (Lipinski definition) is 3. The van der Waals surface area contributed by atoms with E-state index >= 15 is 0 Å². The molecule has 1 amide bonds. The lowest BCUT2D eigenvalue weighted by molar-refractivity contribution is -0.118. The van der Waals surface area contributed by atoms with E-state index in [1.165, 1.54) is 12.1 Å². The third-order valence-electron chi connectivity index (χ3n) is 4.08. The number of hydrogen-bond donors (Lipinski definition) is 2. The number of rotatable bonds is 2. The lowest BCUT2D eigenvalue weighted by atomic mass is 9.92. The first kappa shape index (κ1) is 11.6. The van der Waals surface area contributed by atoms with Gasteiger partial charge in [-0.1, -0.05) is 0 Å². The number of anilines is 1. The second-order valence-corrected chi connectivity index (χ2v) is 5.22. The van der Waals surface area contributed by atoms with Gasteiger partial charge in [-0.15, -0.1) is 0 Å². The number of carbonyl (C=O) groups is 1. The first-order valence-electron chi connectivity index (χ1n) is 6.33. The molecule has 1 spiro atoms. The minimum atomic E-state index is -0.394. The van der Waals surface area contributed by atoms with Gasteiger partial charge in [0.25, 0.3) is 0 Å². The summed E-state index contributed by atoms with van der Waals surface area (Å²) in [6.45, 7) is 2.00. The van der Waals surface area contributed by atoms with Gasteiger partial charge < -0.3 is 10.6 Å². The fraction of sp³-hybridized carbons (Fsp3) is 0.538. The summed E-state index contributed by atoms with van der Waals surface area (Å²) < 4.78 is 12.7. The van der Waals surface area contributed by atoms with Crippen molar-refractivity contribution in [3.63, 3.8) is 0 Å². The first-order chi connectivity index (χ1) is 8.70. The quantitative estimate of drug-likeness (QED) is 0.836. The number of piperidine rings is 1. The Morgan fingerprint density at radius 2 is 2.22 bits per heavy atom. The lowest BCUT2D eigenvalue weighted by Crippen LogP contribution is -2.31. The highest BCUT2D eigenvalue weighted by atomic mass is 19.1. The van der Waals surface area contributed by atoms with E-state index in [-0.39, 0.29) is 17.2 Å². The standard InChI is InChI=1S/C13H16FN3O/c14-9-1-2-11(16-8-9)17-12(18)10-7-13(10)3-5-15-6-4-13/h1-2,8,10,15H,3-7H2,(H,16,17,18). The van der Waals surface area contributed by atoms with Crippen LogP contribution in [-0.2, 0) is 4.79 Å². The maximum atomic E-state index is 12.7. The van der Waals surface area contributed by atoms with Crippen molar-refractivity contribution in [2.75, 3.05) is 18.4 Å². The summed E-state index contributed by atoms with van der Waals surface area (Å²) in [5, 5.41) is 6.08. The number of carbonyl (C=O) groups excluding carboxylic acids is 1. The average Bonchev–Trinajstić information content (AvgIpc) is 3.07. The minimum absolute atomic E-state index is 0.0241. The Hall–Kier alpha value is -1.49. The van der Waals surface area contributed by atoms with Crippen LogP contribution in [0.25, 0.3) is 0 Å². The number of amides is 1. The highest BCUT2D eigenvalue weighted by Gasteiger charge is 2.57. The van der Waals surface area contributed by atoms with Gasteiger partial charge in [0, 0.05) is 5.92 Å². The van der Waals surface area contributed by atoms with Crippen LogP contribution in [0, 0.1) is 17.2 Å². The highest BCUT2D eigenvalue weighted by molar-refractivity contribution is 5.94. The average molecular weight is 249 g/mol. The van der Waals surface area contributed by atoms with Crippen molar-refractivity contribution in [3.8, 4) is 0 Å². The van der Waals surface area contributed by atoms with Crippen molar-refractivity contribution in [3.05, 3.63) is 24.1 Å². The molecule has 2 aliphatic rings. The topological polar surface area (TPSA) is 54.0 Å². The van der Waals surface area contributed by atoms with E-state index in [1.807, 2.05) is 0 Å². The maximum absolute atomic E-state index is 12.7. The summed E-state index contributed by atoms with van der Waals surface area (Å²) in [4.78, 5) is 15.9. The van der Waals surface area contributed by atoms with Crippen LogP contribution in [0.15, 0.2) is 18.3 Å². The van der Waals surface area contributed by atoms with Crippen LogP contribution in [0.5, 0.6) is 0 Å². The van der Waals surface area contributed by atoms with Gasteiger partial charge in [-0.05, 0) is 49.9 Å². The molecule has 2 N–H and O–H groups in total. The number of nitrogens with one attached hydrogen (secondary N) is 2. The van der Waals surface area contributed by atoms with Crippen LogP contribution in [0.3, 0.4) is 0 Å². The molecule has 96 valence electrons. The zero-order valence-electron chi connectivity index (χ0n) is 10.1. The Kier molecular flexibility index (Phi) is 2.78. The van der Waals surface area contributed by atoms with E-state index < -0.39 is 5.82 Å². The van der Waals surface area contributed by atoms with Gasteiger partial charge in [-0.3, -0.25) is 4.79 Å². The van der Waals surface area contributed by atoms with E-state index in [9.17, 15) is 9.18 Å². The SMILES string of the molecule is O=C(Nc1ccc(F)cn1)C1CC12CCNCC2. The molecule has 4 nitrogen and oxygen atoms in total. The van der Waals surface area contributed by atoms with Crippen LogP contribution in [0.2, 0.25) is 0 Å². The van der Waals surface area contributed by atoms with E-state index in [0.29, 0.717) is 5.82 Å². The molecule has 1 atom stereocenters. The summed E-state index contributed by atoms with van der Waals surface area (Å²) in [7, 11) is 0. The summed E-state index contributed by atoms with van der Waals surface area (Å²) in [6, 6.07) is 2.79. The van der Waals surface area contributed by atoms with Crippen molar-refractivity contribution < 1.29 is 9.18 Å².